The highest BCUT2D eigenvalue weighted by atomic mass is 35.5. The molecule has 0 bridgehead atoms. The van der Waals surface area contributed by atoms with Gasteiger partial charge in [0.1, 0.15) is 11.6 Å². The Bertz CT molecular complexity index is 337. The van der Waals surface area contributed by atoms with E-state index in [0.29, 0.717) is 23.8 Å². The van der Waals surface area contributed by atoms with Crippen molar-refractivity contribution in [2.24, 2.45) is 11.8 Å². The van der Waals surface area contributed by atoms with Crippen molar-refractivity contribution in [3.8, 4) is 0 Å². The summed E-state index contributed by atoms with van der Waals surface area (Å²) in [7, 11) is 0. The van der Waals surface area contributed by atoms with Crippen LogP contribution in [0.25, 0.3) is 0 Å². The van der Waals surface area contributed by atoms with Crippen LogP contribution >= 0.6 is 11.6 Å². The Morgan fingerprint density at radius 3 is 2.50 bits per heavy atom. The molecule has 0 saturated carbocycles. The molecule has 0 heterocycles. The van der Waals surface area contributed by atoms with Crippen LogP contribution in [0.5, 0.6) is 0 Å². The van der Waals surface area contributed by atoms with E-state index in [-0.39, 0.29) is 11.7 Å². The Morgan fingerprint density at radius 1 is 1.25 bits per heavy atom. The standard InChI is InChI=1S/C13H17ClF2/c1-9(2)5-10(8-14)6-11-7-12(15)3-4-13(11)16/h3-4,7,9-10H,5-6,8H2,1-2H3. The number of rotatable bonds is 5. The lowest BCUT2D eigenvalue weighted by atomic mass is 9.92. The van der Waals surface area contributed by atoms with Crippen molar-refractivity contribution < 1.29 is 8.78 Å². The zero-order valence-electron chi connectivity index (χ0n) is 9.64. The van der Waals surface area contributed by atoms with Crippen molar-refractivity contribution in [2.75, 3.05) is 5.88 Å². The van der Waals surface area contributed by atoms with Crippen LogP contribution in [0.2, 0.25) is 0 Å². The first-order valence-electron chi connectivity index (χ1n) is 5.52. The van der Waals surface area contributed by atoms with Crippen LogP contribution in [-0.2, 0) is 6.42 Å². The highest BCUT2D eigenvalue weighted by Gasteiger charge is 2.13. The Balaban J connectivity index is 2.73. The number of benzene rings is 1. The largest absolute Gasteiger partial charge is 0.207 e. The van der Waals surface area contributed by atoms with Gasteiger partial charge in [-0.25, -0.2) is 8.78 Å². The molecule has 0 radical (unpaired) electrons. The van der Waals surface area contributed by atoms with E-state index in [4.69, 9.17) is 11.6 Å². The first-order valence-corrected chi connectivity index (χ1v) is 6.06. The summed E-state index contributed by atoms with van der Waals surface area (Å²) in [4.78, 5) is 0. The lowest BCUT2D eigenvalue weighted by Crippen LogP contribution is -2.11. The van der Waals surface area contributed by atoms with Crippen LogP contribution in [0, 0.1) is 23.5 Å². The zero-order chi connectivity index (χ0) is 12.1. The van der Waals surface area contributed by atoms with E-state index in [1.165, 1.54) is 12.1 Å². The maximum absolute atomic E-state index is 13.4. The van der Waals surface area contributed by atoms with Gasteiger partial charge in [0.05, 0.1) is 0 Å². The third kappa shape index (κ3) is 4.09. The SMILES string of the molecule is CC(C)CC(CCl)Cc1cc(F)ccc1F. The molecular formula is C13H17ClF2. The Morgan fingerprint density at radius 2 is 1.94 bits per heavy atom. The molecule has 90 valence electrons. The van der Waals surface area contributed by atoms with Crippen LogP contribution in [0.4, 0.5) is 8.78 Å². The molecule has 0 fully saturated rings. The van der Waals surface area contributed by atoms with Gasteiger partial charge in [-0.2, -0.15) is 0 Å². The van der Waals surface area contributed by atoms with Crippen LogP contribution in [-0.4, -0.2) is 5.88 Å². The maximum Gasteiger partial charge on any atom is 0.126 e. The highest BCUT2D eigenvalue weighted by molar-refractivity contribution is 6.18. The fourth-order valence-electron chi connectivity index (χ4n) is 1.88. The summed E-state index contributed by atoms with van der Waals surface area (Å²) in [5, 5.41) is 0. The van der Waals surface area contributed by atoms with E-state index in [1.54, 1.807) is 0 Å². The molecule has 0 aliphatic rings. The molecule has 1 aromatic rings. The van der Waals surface area contributed by atoms with Crippen molar-refractivity contribution in [2.45, 2.75) is 26.7 Å². The second kappa shape index (κ2) is 6.19. The fourth-order valence-corrected chi connectivity index (χ4v) is 2.11. The molecule has 0 saturated heterocycles. The summed E-state index contributed by atoms with van der Waals surface area (Å²) in [5.74, 6) is 0.460. The van der Waals surface area contributed by atoms with Gasteiger partial charge in [0.25, 0.3) is 0 Å². The van der Waals surface area contributed by atoms with Gasteiger partial charge in [0.2, 0.25) is 0 Å². The van der Waals surface area contributed by atoms with Gasteiger partial charge in [-0.1, -0.05) is 13.8 Å². The Labute approximate surface area is 101 Å². The van der Waals surface area contributed by atoms with Gasteiger partial charge < -0.3 is 0 Å². The van der Waals surface area contributed by atoms with Crippen molar-refractivity contribution in [3.63, 3.8) is 0 Å². The van der Waals surface area contributed by atoms with E-state index in [2.05, 4.69) is 13.8 Å². The van der Waals surface area contributed by atoms with Crippen molar-refractivity contribution >= 4 is 11.6 Å². The molecule has 0 spiro atoms. The fraction of sp³-hybridized carbons (Fsp3) is 0.538. The van der Waals surface area contributed by atoms with Crippen LogP contribution in [0.3, 0.4) is 0 Å². The van der Waals surface area contributed by atoms with Gasteiger partial charge in [-0.15, -0.1) is 11.6 Å². The molecule has 1 unspecified atom stereocenters. The van der Waals surface area contributed by atoms with Gasteiger partial charge in [-0.3, -0.25) is 0 Å². The minimum Gasteiger partial charge on any atom is -0.207 e. The first kappa shape index (κ1) is 13.4. The maximum atomic E-state index is 13.4. The van der Waals surface area contributed by atoms with Gasteiger partial charge in [-0.05, 0) is 48.4 Å². The smallest absolute Gasteiger partial charge is 0.126 e. The van der Waals surface area contributed by atoms with E-state index in [0.717, 1.165) is 12.5 Å². The van der Waals surface area contributed by atoms with E-state index in [9.17, 15) is 8.78 Å². The summed E-state index contributed by atoms with van der Waals surface area (Å²) in [6.45, 7) is 4.20. The summed E-state index contributed by atoms with van der Waals surface area (Å²) < 4.78 is 26.4. The van der Waals surface area contributed by atoms with E-state index >= 15 is 0 Å². The average molecular weight is 247 g/mol. The lowest BCUT2D eigenvalue weighted by molar-refractivity contribution is 0.433. The van der Waals surface area contributed by atoms with Crippen LogP contribution < -0.4 is 0 Å². The molecule has 1 aromatic carbocycles. The predicted molar refractivity (Wildman–Crippen MR) is 63.7 cm³/mol. The molecule has 1 atom stereocenters. The molecule has 0 amide bonds. The summed E-state index contributed by atoms with van der Waals surface area (Å²) in [6.07, 6.45) is 1.44. The van der Waals surface area contributed by atoms with Crippen molar-refractivity contribution in [1.82, 2.24) is 0 Å². The molecule has 16 heavy (non-hydrogen) atoms. The molecule has 0 nitrogen and oxygen atoms in total. The van der Waals surface area contributed by atoms with Crippen LogP contribution in [0.15, 0.2) is 18.2 Å². The summed E-state index contributed by atoms with van der Waals surface area (Å²) in [6, 6.07) is 3.57. The Hall–Kier alpha value is -0.630. The first-order chi connectivity index (χ1) is 7.52. The molecule has 0 aromatic heterocycles. The van der Waals surface area contributed by atoms with Gasteiger partial charge in [0, 0.05) is 5.88 Å². The molecule has 0 N–H and O–H groups in total. The summed E-state index contributed by atoms with van der Waals surface area (Å²) in [5.41, 5.74) is 0.423. The van der Waals surface area contributed by atoms with Crippen molar-refractivity contribution in [1.29, 1.82) is 0 Å². The normalized spacial score (nSPS) is 13.1. The zero-order valence-corrected chi connectivity index (χ0v) is 10.4. The van der Waals surface area contributed by atoms with Crippen LogP contribution in [0.1, 0.15) is 25.8 Å². The second-order valence-electron chi connectivity index (χ2n) is 4.59. The quantitative estimate of drug-likeness (QED) is 0.675. The van der Waals surface area contributed by atoms with Gasteiger partial charge >= 0.3 is 0 Å². The number of halogens is 3. The molecular weight excluding hydrogens is 230 g/mol. The monoisotopic (exact) mass is 246 g/mol. The minimum absolute atomic E-state index is 0.206. The predicted octanol–water partition coefficient (Wildman–Crippen LogP) is 4.41. The van der Waals surface area contributed by atoms with E-state index < -0.39 is 5.82 Å². The molecule has 0 aliphatic carbocycles. The average Bonchev–Trinajstić information content (AvgIpc) is 2.21. The van der Waals surface area contributed by atoms with E-state index in [1.807, 2.05) is 0 Å². The molecule has 0 aliphatic heterocycles. The number of hydrogen-bond donors (Lipinski definition) is 0. The molecule has 1 rings (SSSR count). The third-order valence-electron chi connectivity index (χ3n) is 2.54. The number of alkyl halides is 1. The third-order valence-corrected chi connectivity index (χ3v) is 2.98. The second-order valence-corrected chi connectivity index (χ2v) is 4.90. The lowest BCUT2D eigenvalue weighted by Gasteiger charge is -2.16. The summed E-state index contributed by atoms with van der Waals surface area (Å²) >= 11 is 5.84. The van der Waals surface area contributed by atoms with Gasteiger partial charge in [0.15, 0.2) is 0 Å². The van der Waals surface area contributed by atoms with Crippen molar-refractivity contribution in [3.05, 3.63) is 35.4 Å². The minimum atomic E-state index is -0.394. The topological polar surface area (TPSA) is 0 Å². The molecule has 3 heteroatoms. The number of hydrogen-bond acceptors (Lipinski definition) is 0. The highest BCUT2D eigenvalue weighted by Crippen LogP contribution is 2.21. The Kier molecular flexibility index (Phi) is 5.20.